The molecule has 4 N–H and O–H groups in total. The first kappa shape index (κ1) is 14.6. The number of nitrogens with zero attached hydrogens (tertiary/aromatic N) is 2. The number of hydrazine groups is 1. The van der Waals surface area contributed by atoms with Crippen LogP contribution in [0.25, 0.3) is 0 Å². The molecule has 5 nitrogen and oxygen atoms in total. The molecular weight excluding hydrogens is 234 g/mol. The Morgan fingerprint density at radius 3 is 2.71 bits per heavy atom. The molecule has 0 aromatic heterocycles. The van der Waals surface area contributed by atoms with E-state index in [-0.39, 0.29) is 0 Å². The van der Waals surface area contributed by atoms with Crippen molar-refractivity contribution < 1.29 is 0 Å². The van der Waals surface area contributed by atoms with Gasteiger partial charge in [0.1, 0.15) is 0 Å². The second-order valence-electron chi connectivity index (χ2n) is 4.61. The van der Waals surface area contributed by atoms with Crippen LogP contribution in [-0.4, -0.2) is 55.1 Å². The topological polar surface area (TPSA) is 65.7 Å². The van der Waals surface area contributed by atoms with Crippen molar-refractivity contribution in [1.82, 2.24) is 15.6 Å². The van der Waals surface area contributed by atoms with Crippen molar-refractivity contribution in [3.8, 4) is 0 Å². The smallest absolute Gasteiger partial charge is 0.205 e. The third-order valence-corrected chi connectivity index (χ3v) is 3.52. The molecule has 0 radical (unpaired) electrons. The van der Waals surface area contributed by atoms with E-state index in [9.17, 15) is 0 Å². The van der Waals surface area contributed by atoms with Gasteiger partial charge in [-0.1, -0.05) is 13.8 Å². The Hall–Kier alpha value is -0.460. The van der Waals surface area contributed by atoms with E-state index in [4.69, 9.17) is 5.84 Å². The van der Waals surface area contributed by atoms with Crippen LogP contribution in [0.5, 0.6) is 0 Å². The minimum absolute atomic E-state index is 0.555. The highest BCUT2D eigenvalue weighted by atomic mass is 32.2. The fourth-order valence-corrected chi connectivity index (χ4v) is 2.56. The van der Waals surface area contributed by atoms with Crippen molar-refractivity contribution >= 4 is 17.7 Å². The number of hydrogen-bond donors (Lipinski definition) is 3. The molecule has 1 aliphatic rings. The predicted octanol–water partition coefficient (Wildman–Crippen LogP) is 0.100. The molecule has 6 heteroatoms. The Balaban J connectivity index is 2.16. The van der Waals surface area contributed by atoms with Gasteiger partial charge in [-0.3, -0.25) is 15.3 Å². The Kier molecular flexibility index (Phi) is 7.39. The Morgan fingerprint density at radius 2 is 2.12 bits per heavy atom. The van der Waals surface area contributed by atoms with Gasteiger partial charge in [-0.05, 0) is 5.92 Å². The van der Waals surface area contributed by atoms with Crippen LogP contribution in [0.2, 0.25) is 0 Å². The lowest BCUT2D eigenvalue weighted by Crippen LogP contribution is -2.45. The van der Waals surface area contributed by atoms with Crippen LogP contribution in [0.1, 0.15) is 13.8 Å². The summed E-state index contributed by atoms with van der Waals surface area (Å²) >= 11 is 2.04. The third kappa shape index (κ3) is 6.75. The number of nitrogens with one attached hydrogen (secondary N) is 2. The molecule has 100 valence electrons. The van der Waals surface area contributed by atoms with E-state index in [1.165, 1.54) is 24.6 Å². The van der Waals surface area contributed by atoms with Crippen LogP contribution in [0, 0.1) is 5.92 Å². The maximum atomic E-state index is 5.42. The summed E-state index contributed by atoms with van der Waals surface area (Å²) in [4.78, 5) is 6.84. The van der Waals surface area contributed by atoms with Gasteiger partial charge in [-0.25, -0.2) is 5.84 Å². The summed E-state index contributed by atoms with van der Waals surface area (Å²) in [5, 5.41) is 3.24. The lowest BCUT2D eigenvalue weighted by molar-refractivity contribution is 0.307. The minimum atomic E-state index is 0.555. The number of guanidine groups is 1. The SMILES string of the molecule is CC(C)CN=C(NN)NCCN1CCSCC1. The summed E-state index contributed by atoms with van der Waals surface area (Å²) in [6.45, 7) is 9.43. The highest BCUT2D eigenvalue weighted by Gasteiger charge is 2.09. The Bertz CT molecular complexity index is 226. The summed E-state index contributed by atoms with van der Waals surface area (Å²) in [5.41, 5.74) is 2.61. The van der Waals surface area contributed by atoms with E-state index in [0.29, 0.717) is 11.9 Å². The van der Waals surface area contributed by atoms with Crippen molar-refractivity contribution in [1.29, 1.82) is 0 Å². The fourth-order valence-electron chi connectivity index (χ4n) is 1.58. The summed E-state index contributed by atoms with van der Waals surface area (Å²) in [6.07, 6.45) is 0. The number of nitrogens with two attached hydrogens (primary N) is 1. The van der Waals surface area contributed by atoms with Crippen molar-refractivity contribution in [3.05, 3.63) is 0 Å². The molecule has 0 aromatic rings. The molecule has 1 rings (SSSR count). The quantitative estimate of drug-likeness (QED) is 0.283. The van der Waals surface area contributed by atoms with Gasteiger partial charge in [0.15, 0.2) is 0 Å². The standard InChI is InChI=1S/C11H25N5S/c1-10(2)9-14-11(15-12)13-3-4-16-5-7-17-8-6-16/h10H,3-9,12H2,1-2H3,(H2,13,14,15). The van der Waals surface area contributed by atoms with Crippen LogP contribution < -0.4 is 16.6 Å². The van der Waals surface area contributed by atoms with E-state index in [1.54, 1.807) is 0 Å². The van der Waals surface area contributed by atoms with Crippen LogP contribution >= 0.6 is 11.8 Å². The van der Waals surface area contributed by atoms with Crippen molar-refractivity contribution in [2.45, 2.75) is 13.8 Å². The van der Waals surface area contributed by atoms with Crippen LogP contribution in [0.3, 0.4) is 0 Å². The molecule has 17 heavy (non-hydrogen) atoms. The Labute approximate surface area is 109 Å². The van der Waals surface area contributed by atoms with E-state index in [2.05, 4.69) is 34.5 Å². The zero-order valence-electron chi connectivity index (χ0n) is 10.9. The van der Waals surface area contributed by atoms with Crippen molar-refractivity contribution in [2.24, 2.45) is 16.8 Å². The maximum absolute atomic E-state index is 5.42. The van der Waals surface area contributed by atoms with E-state index < -0.39 is 0 Å². The fraction of sp³-hybridized carbons (Fsp3) is 0.909. The van der Waals surface area contributed by atoms with Gasteiger partial charge in [0, 0.05) is 44.2 Å². The maximum Gasteiger partial charge on any atom is 0.205 e. The summed E-state index contributed by atoms with van der Waals surface area (Å²) in [7, 11) is 0. The molecular formula is C11H25N5S. The number of aliphatic imine (C=N–C) groups is 1. The molecule has 0 atom stereocenters. The van der Waals surface area contributed by atoms with Gasteiger partial charge >= 0.3 is 0 Å². The number of thioether (sulfide) groups is 1. The summed E-state index contributed by atoms with van der Waals surface area (Å²) in [5.74, 6) is 9.18. The van der Waals surface area contributed by atoms with Crippen LogP contribution in [-0.2, 0) is 0 Å². The lowest BCUT2D eigenvalue weighted by Gasteiger charge is -2.26. The molecule has 0 amide bonds. The highest BCUT2D eigenvalue weighted by molar-refractivity contribution is 7.99. The number of hydrogen-bond acceptors (Lipinski definition) is 4. The van der Waals surface area contributed by atoms with Crippen LogP contribution in [0.15, 0.2) is 4.99 Å². The summed E-state index contributed by atoms with van der Waals surface area (Å²) in [6, 6.07) is 0. The van der Waals surface area contributed by atoms with Gasteiger partial charge in [0.2, 0.25) is 5.96 Å². The molecule has 1 heterocycles. The monoisotopic (exact) mass is 259 g/mol. The van der Waals surface area contributed by atoms with Gasteiger partial charge in [0.25, 0.3) is 0 Å². The van der Waals surface area contributed by atoms with Crippen molar-refractivity contribution in [3.63, 3.8) is 0 Å². The minimum Gasteiger partial charge on any atom is -0.354 e. The van der Waals surface area contributed by atoms with Gasteiger partial charge in [-0.15, -0.1) is 0 Å². The summed E-state index contributed by atoms with van der Waals surface area (Å²) < 4.78 is 0. The molecule has 1 aliphatic heterocycles. The zero-order chi connectivity index (χ0) is 12.5. The van der Waals surface area contributed by atoms with Gasteiger partial charge in [0.05, 0.1) is 0 Å². The molecule has 0 unspecified atom stereocenters. The van der Waals surface area contributed by atoms with Crippen molar-refractivity contribution in [2.75, 3.05) is 44.2 Å². The van der Waals surface area contributed by atoms with E-state index in [1.807, 2.05) is 11.8 Å². The second kappa shape index (κ2) is 8.60. The second-order valence-corrected chi connectivity index (χ2v) is 5.83. The molecule has 0 aliphatic carbocycles. The molecule has 1 fully saturated rings. The lowest BCUT2D eigenvalue weighted by atomic mass is 10.2. The average Bonchev–Trinajstić information content (AvgIpc) is 2.34. The average molecular weight is 259 g/mol. The molecule has 0 spiro atoms. The number of rotatable bonds is 5. The Morgan fingerprint density at radius 1 is 1.41 bits per heavy atom. The first-order valence-electron chi connectivity index (χ1n) is 6.27. The largest absolute Gasteiger partial charge is 0.354 e. The first-order chi connectivity index (χ1) is 8.22. The molecule has 0 saturated carbocycles. The molecule has 1 saturated heterocycles. The van der Waals surface area contributed by atoms with Crippen LogP contribution in [0.4, 0.5) is 0 Å². The molecule has 0 aromatic carbocycles. The normalized spacial score (nSPS) is 18.5. The highest BCUT2D eigenvalue weighted by Crippen LogP contribution is 2.07. The zero-order valence-corrected chi connectivity index (χ0v) is 11.7. The van der Waals surface area contributed by atoms with Gasteiger partial charge < -0.3 is 5.32 Å². The predicted molar refractivity (Wildman–Crippen MR) is 76.2 cm³/mol. The third-order valence-electron chi connectivity index (χ3n) is 2.58. The first-order valence-corrected chi connectivity index (χ1v) is 7.43. The van der Waals surface area contributed by atoms with Gasteiger partial charge in [-0.2, -0.15) is 11.8 Å². The van der Waals surface area contributed by atoms with E-state index in [0.717, 1.165) is 19.6 Å². The molecule has 0 bridgehead atoms. The van der Waals surface area contributed by atoms with E-state index >= 15 is 0 Å².